The maximum Gasteiger partial charge on any atom is 0.573 e. The van der Waals surface area contributed by atoms with Crippen molar-refractivity contribution in [2.45, 2.75) is 26.5 Å². The van der Waals surface area contributed by atoms with E-state index in [0.717, 1.165) is 0 Å². The van der Waals surface area contributed by atoms with Crippen LogP contribution in [0.1, 0.15) is 25.7 Å². The molecule has 0 saturated carbocycles. The molecule has 0 aliphatic carbocycles. The summed E-state index contributed by atoms with van der Waals surface area (Å²) in [6.45, 7) is 4.31. The molecule has 0 N–H and O–H groups in total. The molecule has 7 heteroatoms. The number of halogens is 4. The first kappa shape index (κ1) is 16.3. The van der Waals surface area contributed by atoms with Crippen LogP contribution in [0.3, 0.4) is 0 Å². The van der Waals surface area contributed by atoms with Crippen molar-refractivity contribution < 1.29 is 27.4 Å². The van der Waals surface area contributed by atoms with E-state index >= 15 is 0 Å². The Balaban J connectivity index is 2.99. The van der Waals surface area contributed by atoms with Gasteiger partial charge in [-0.15, -0.1) is 13.2 Å². The highest BCUT2D eigenvalue weighted by molar-refractivity contribution is 9.10. The molecule has 108 valence electrons. The Labute approximate surface area is 117 Å². The van der Waals surface area contributed by atoms with E-state index in [9.17, 15) is 13.2 Å². The van der Waals surface area contributed by atoms with Crippen molar-refractivity contribution in [2.75, 3.05) is 13.2 Å². The Bertz CT molecular complexity index is 404. The number of rotatable bonds is 6. The molecule has 0 unspecified atom stereocenters. The van der Waals surface area contributed by atoms with E-state index in [4.69, 9.17) is 9.47 Å². The van der Waals surface area contributed by atoms with Crippen molar-refractivity contribution in [3.8, 4) is 5.75 Å². The molecule has 0 fully saturated rings. The van der Waals surface area contributed by atoms with E-state index < -0.39 is 12.7 Å². The quantitative estimate of drug-likeness (QED) is 0.716. The Morgan fingerprint density at radius 1 is 1.11 bits per heavy atom. The van der Waals surface area contributed by atoms with Gasteiger partial charge in [-0.25, -0.2) is 0 Å². The zero-order chi connectivity index (χ0) is 14.5. The highest BCUT2D eigenvalue weighted by Gasteiger charge is 2.31. The molecule has 0 aliphatic rings. The van der Waals surface area contributed by atoms with Crippen LogP contribution in [0.15, 0.2) is 22.7 Å². The van der Waals surface area contributed by atoms with E-state index in [0.29, 0.717) is 23.2 Å². The molecular weight excluding hydrogens is 329 g/mol. The summed E-state index contributed by atoms with van der Waals surface area (Å²) >= 11 is 3.13. The minimum atomic E-state index is -4.73. The molecule has 1 aromatic carbocycles. The van der Waals surface area contributed by atoms with Gasteiger partial charge in [0.05, 0.1) is 0 Å². The first-order valence-corrected chi connectivity index (χ1v) is 6.44. The van der Waals surface area contributed by atoms with Crippen molar-refractivity contribution >= 4 is 15.9 Å². The van der Waals surface area contributed by atoms with Gasteiger partial charge >= 0.3 is 6.36 Å². The highest BCUT2D eigenvalue weighted by atomic mass is 79.9. The number of alkyl halides is 3. The van der Waals surface area contributed by atoms with Crippen LogP contribution in [-0.4, -0.2) is 19.6 Å². The molecule has 0 spiro atoms. The van der Waals surface area contributed by atoms with Crippen LogP contribution < -0.4 is 4.74 Å². The SMILES string of the molecule is CCOC(OCC)c1cc(Br)cc(OC(F)(F)F)c1. The van der Waals surface area contributed by atoms with E-state index in [1.807, 2.05) is 0 Å². The Morgan fingerprint density at radius 3 is 2.16 bits per heavy atom. The monoisotopic (exact) mass is 342 g/mol. The number of benzene rings is 1. The average molecular weight is 343 g/mol. The molecule has 0 heterocycles. The Hall–Kier alpha value is -0.790. The average Bonchev–Trinajstić information content (AvgIpc) is 2.25. The maximum absolute atomic E-state index is 12.2. The zero-order valence-corrected chi connectivity index (χ0v) is 12.0. The molecule has 0 amide bonds. The summed E-state index contributed by atoms with van der Waals surface area (Å²) in [5.41, 5.74) is 0.456. The van der Waals surface area contributed by atoms with E-state index in [1.165, 1.54) is 12.1 Å². The molecule has 0 radical (unpaired) electrons. The highest BCUT2D eigenvalue weighted by Crippen LogP contribution is 2.31. The van der Waals surface area contributed by atoms with Gasteiger partial charge in [0.1, 0.15) is 5.75 Å². The van der Waals surface area contributed by atoms with Crippen LogP contribution in [0.2, 0.25) is 0 Å². The van der Waals surface area contributed by atoms with Gasteiger partial charge in [0.25, 0.3) is 0 Å². The van der Waals surface area contributed by atoms with Gasteiger partial charge in [-0.2, -0.15) is 0 Å². The van der Waals surface area contributed by atoms with Crippen LogP contribution in [0.5, 0.6) is 5.75 Å². The lowest BCUT2D eigenvalue weighted by atomic mass is 10.2. The largest absolute Gasteiger partial charge is 0.573 e. The van der Waals surface area contributed by atoms with Crippen LogP contribution in [0, 0.1) is 0 Å². The Kier molecular flexibility index (Phi) is 6.09. The second-order valence-electron chi connectivity index (χ2n) is 3.51. The van der Waals surface area contributed by atoms with E-state index in [1.54, 1.807) is 19.9 Å². The zero-order valence-electron chi connectivity index (χ0n) is 10.5. The van der Waals surface area contributed by atoms with Gasteiger partial charge in [0, 0.05) is 23.2 Å². The molecule has 0 bridgehead atoms. The van der Waals surface area contributed by atoms with Gasteiger partial charge in [-0.05, 0) is 32.0 Å². The third kappa shape index (κ3) is 5.80. The van der Waals surface area contributed by atoms with E-state index in [-0.39, 0.29) is 5.75 Å². The standard InChI is InChI=1S/C12H14BrF3O3/c1-3-17-11(18-4-2)8-5-9(13)7-10(6-8)19-12(14,15)16/h5-7,11H,3-4H2,1-2H3. The van der Waals surface area contributed by atoms with Gasteiger partial charge in [0.2, 0.25) is 0 Å². The van der Waals surface area contributed by atoms with Crippen molar-refractivity contribution in [2.24, 2.45) is 0 Å². The first-order valence-electron chi connectivity index (χ1n) is 5.65. The third-order valence-electron chi connectivity index (χ3n) is 2.04. The molecule has 0 aliphatic heterocycles. The minimum absolute atomic E-state index is 0.318. The van der Waals surface area contributed by atoms with Crippen molar-refractivity contribution in [1.29, 1.82) is 0 Å². The summed E-state index contributed by atoms with van der Waals surface area (Å²) in [4.78, 5) is 0. The summed E-state index contributed by atoms with van der Waals surface area (Å²) < 4.78 is 51.6. The summed E-state index contributed by atoms with van der Waals surface area (Å²) in [7, 11) is 0. The van der Waals surface area contributed by atoms with Gasteiger partial charge in [0.15, 0.2) is 6.29 Å². The predicted octanol–water partition coefficient (Wildman–Crippen LogP) is 4.42. The van der Waals surface area contributed by atoms with Gasteiger partial charge in [-0.3, -0.25) is 0 Å². The molecule has 0 saturated heterocycles. The molecule has 0 atom stereocenters. The van der Waals surface area contributed by atoms with Crippen LogP contribution in [0.25, 0.3) is 0 Å². The fourth-order valence-corrected chi connectivity index (χ4v) is 1.95. The van der Waals surface area contributed by atoms with Crippen molar-refractivity contribution in [3.63, 3.8) is 0 Å². The lowest BCUT2D eigenvalue weighted by Crippen LogP contribution is -2.17. The lowest BCUT2D eigenvalue weighted by Gasteiger charge is -2.19. The number of hydrogen-bond acceptors (Lipinski definition) is 3. The van der Waals surface area contributed by atoms with Crippen LogP contribution in [-0.2, 0) is 9.47 Å². The Morgan fingerprint density at radius 2 is 1.68 bits per heavy atom. The minimum Gasteiger partial charge on any atom is -0.406 e. The molecule has 1 rings (SSSR count). The summed E-state index contributed by atoms with van der Waals surface area (Å²) in [6, 6.07) is 4.10. The van der Waals surface area contributed by atoms with Crippen LogP contribution in [0.4, 0.5) is 13.2 Å². The molecule has 0 aromatic heterocycles. The topological polar surface area (TPSA) is 27.7 Å². The summed E-state index contributed by atoms with van der Waals surface area (Å²) in [5.74, 6) is -0.318. The van der Waals surface area contributed by atoms with Crippen LogP contribution >= 0.6 is 15.9 Å². The first-order chi connectivity index (χ1) is 8.85. The summed E-state index contributed by atoms with van der Waals surface area (Å²) in [5, 5.41) is 0. The third-order valence-corrected chi connectivity index (χ3v) is 2.49. The molecule has 3 nitrogen and oxygen atoms in total. The van der Waals surface area contributed by atoms with Gasteiger partial charge < -0.3 is 14.2 Å². The predicted molar refractivity (Wildman–Crippen MR) is 66.8 cm³/mol. The van der Waals surface area contributed by atoms with Crippen molar-refractivity contribution in [3.05, 3.63) is 28.2 Å². The van der Waals surface area contributed by atoms with E-state index in [2.05, 4.69) is 20.7 Å². The number of hydrogen-bond donors (Lipinski definition) is 0. The molecular formula is C12H14BrF3O3. The fourth-order valence-electron chi connectivity index (χ4n) is 1.46. The maximum atomic E-state index is 12.2. The van der Waals surface area contributed by atoms with Crippen molar-refractivity contribution in [1.82, 2.24) is 0 Å². The second-order valence-corrected chi connectivity index (χ2v) is 4.43. The molecule has 19 heavy (non-hydrogen) atoms. The second kappa shape index (κ2) is 7.12. The molecule has 1 aromatic rings. The fraction of sp³-hybridized carbons (Fsp3) is 0.500. The lowest BCUT2D eigenvalue weighted by molar-refractivity contribution is -0.274. The summed E-state index contributed by atoms with van der Waals surface area (Å²) in [6.07, 6.45) is -5.45. The number of ether oxygens (including phenoxy) is 3. The normalized spacial score (nSPS) is 11.9. The smallest absolute Gasteiger partial charge is 0.406 e. The van der Waals surface area contributed by atoms with Gasteiger partial charge in [-0.1, -0.05) is 15.9 Å².